The lowest BCUT2D eigenvalue weighted by molar-refractivity contribution is -0.117. The maximum absolute atomic E-state index is 12.7. The summed E-state index contributed by atoms with van der Waals surface area (Å²) >= 11 is 0. The summed E-state index contributed by atoms with van der Waals surface area (Å²) in [5.74, 6) is 0.625. The van der Waals surface area contributed by atoms with Gasteiger partial charge in [0.15, 0.2) is 0 Å². The number of benzene rings is 2. The van der Waals surface area contributed by atoms with Gasteiger partial charge in [-0.25, -0.2) is 4.79 Å². The normalized spacial score (nSPS) is 22.7. The van der Waals surface area contributed by atoms with Gasteiger partial charge in [0.1, 0.15) is 0 Å². The zero-order chi connectivity index (χ0) is 19.3. The van der Waals surface area contributed by atoms with Crippen LogP contribution in [0.2, 0.25) is 0 Å². The molecule has 0 bridgehead atoms. The molecular weight excluding hydrogens is 388 g/mol. The fraction of sp³-hybridized carbons (Fsp3) is 0.364. The van der Waals surface area contributed by atoms with Crippen molar-refractivity contribution < 1.29 is 9.59 Å². The third-order valence-electron chi connectivity index (χ3n) is 5.60. The van der Waals surface area contributed by atoms with E-state index in [4.69, 9.17) is 0 Å². The van der Waals surface area contributed by atoms with Crippen LogP contribution >= 0.6 is 12.4 Å². The van der Waals surface area contributed by atoms with Crippen LogP contribution in [0.4, 0.5) is 21.9 Å². The summed E-state index contributed by atoms with van der Waals surface area (Å²) in [5.41, 5.74) is 2.02. The summed E-state index contributed by atoms with van der Waals surface area (Å²) in [6.07, 6.45) is 5.83. The van der Waals surface area contributed by atoms with Gasteiger partial charge in [-0.3, -0.25) is 4.79 Å². The van der Waals surface area contributed by atoms with Gasteiger partial charge in [0, 0.05) is 23.1 Å². The Balaban J connectivity index is 0.00000240. The summed E-state index contributed by atoms with van der Waals surface area (Å²) in [7, 11) is 0. The summed E-state index contributed by atoms with van der Waals surface area (Å²) in [5, 5.41) is 12.1. The molecule has 2 fully saturated rings. The van der Waals surface area contributed by atoms with Crippen LogP contribution < -0.4 is 21.3 Å². The molecular formula is C22H27ClN4O2. The molecule has 1 heterocycles. The van der Waals surface area contributed by atoms with Gasteiger partial charge in [-0.1, -0.05) is 37.1 Å². The number of rotatable bonds is 4. The van der Waals surface area contributed by atoms with Gasteiger partial charge < -0.3 is 21.3 Å². The second-order valence-corrected chi connectivity index (χ2v) is 7.62. The SMILES string of the molecule is Cl.O=C(Nc1ccccc1)Nc1cccc(NC(=O)C2CC3CCCCC3N2)c1. The first-order valence-electron chi connectivity index (χ1n) is 9.97. The van der Waals surface area contributed by atoms with Crippen molar-refractivity contribution in [2.45, 2.75) is 44.2 Å². The lowest BCUT2D eigenvalue weighted by Gasteiger charge is -2.24. The van der Waals surface area contributed by atoms with Gasteiger partial charge in [0.25, 0.3) is 0 Å². The molecule has 1 saturated carbocycles. The molecule has 154 valence electrons. The lowest BCUT2D eigenvalue weighted by Crippen LogP contribution is -2.39. The highest BCUT2D eigenvalue weighted by Crippen LogP contribution is 2.33. The van der Waals surface area contributed by atoms with E-state index in [2.05, 4.69) is 21.3 Å². The third-order valence-corrected chi connectivity index (χ3v) is 5.60. The van der Waals surface area contributed by atoms with E-state index in [1.54, 1.807) is 12.1 Å². The first-order chi connectivity index (χ1) is 13.7. The number of anilines is 3. The minimum Gasteiger partial charge on any atom is -0.325 e. The summed E-state index contributed by atoms with van der Waals surface area (Å²) < 4.78 is 0. The highest BCUT2D eigenvalue weighted by atomic mass is 35.5. The molecule has 0 radical (unpaired) electrons. The van der Waals surface area contributed by atoms with Gasteiger partial charge in [0.2, 0.25) is 5.91 Å². The van der Waals surface area contributed by atoms with Crippen LogP contribution in [0.25, 0.3) is 0 Å². The van der Waals surface area contributed by atoms with Crippen LogP contribution in [0.1, 0.15) is 32.1 Å². The first-order valence-corrected chi connectivity index (χ1v) is 9.97. The fourth-order valence-corrected chi connectivity index (χ4v) is 4.24. The largest absolute Gasteiger partial charge is 0.325 e. The minimum absolute atomic E-state index is 0. The Morgan fingerprint density at radius 1 is 0.828 bits per heavy atom. The fourth-order valence-electron chi connectivity index (χ4n) is 4.24. The van der Waals surface area contributed by atoms with E-state index in [1.807, 2.05) is 42.5 Å². The van der Waals surface area contributed by atoms with Crippen molar-refractivity contribution in [1.29, 1.82) is 0 Å². The van der Waals surface area contributed by atoms with Crippen LogP contribution in [0.5, 0.6) is 0 Å². The number of halogens is 1. The van der Waals surface area contributed by atoms with E-state index in [9.17, 15) is 9.59 Å². The molecule has 0 spiro atoms. The Labute approximate surface area is 177 Å². The van der Waals surface area contributed by atoms with Crippen LogP contribution in [-0.2, 0) is 4.79 Å². The predicted molar refractivity (Wildman–Crippen MR) is 119 cm³/mol. The van der Waals surface area contributed by atoms with Crippen molar-refractivity contribution >= 4 is 41.4 Å². The molecule has 4 rings (SSSR count). The number of para-hydroxylation sites is 1. The van der Waals surface area contributed by atoms with E-state index in [-0.39, 0.29) is 30.4 Å². The molecule has 2 aromatic rings. The van der Waals surface area contributed by atoms with Crippen LogP contribution in [-0.4, -0.2) is 24.0 Å². The number of hydrogen-bond donors (Lipinski definition) is 4. The average Bonchev–Trinajstić information content (AvgIpc) is 3.13. The molecule has 7 heteroatoms. The van der Waals surface area contributed by atoms with Gasteiger partial charge >= 0.3 is 6.03 Å². The molecule has 3 atom stereocenters. The molecule has 2 aliphatic rings. The van der Waals surface area contributed by atoms with E-state index in [0.29, 0.717) is 23.3 Å². The molecule has 0 aromatic heterocycles. The Bertz CT molecular complexity index is 832. The first kappa shape index (κ1) is 21.1. The number of amides is 3. The molecule has 3 amide bonds. The van der Waals surface area contributed by atoms with Gasteiger partial charge in [-0.2, -0.15) is 0 Å². The standard InChI is InChI=1S/C22H26N4O2.ClH/c27-21(20-13-15-7-4-5-12-19(15)26-20)23-17-10-6-11-18(14-17)25-22(28)24-16-8-2-1-3-9-16;/h1-3,6,8-11,14-15,19-20,26H,4-5,7,12-13H2,(H,23,27)(H2,24,25,28);1H. The van der Waals surface area contributed by atoms with Gasteiger partial charge in [-0.15, -0.1) is 12.4 Å². The summed E-state index contributed by atoms with van der Waals surface area (Å²) in [6.45, 7) is 0. The number of urea groups is 1. The highest BCUT2D eigenvalue weighted by molar-refractivity contribution is 6.00. The van der Waals surface area contributed by atoms with E-state index in [1.165, 1.54) is 25.7 Å². The number of carbonyl (C=O) groups is 2. The molecule has 2 aromatic carbocycles. The van der Waals surface area contributed by atoms with Gasteiger partial charge in [-0.05, 0) is 55.5 Å². The van der Waals surface area contributed by atoms with E-state index < -0.39 is 0 Å². The molecule has 1 aliphatic carbocycles. The van der Waals surface area contributed by atoms with Crippen molar-refractivity contribution in [3.63, 3.8) is 0 Å². The van der Waals surface area contributed by atoms with E-state index >= 15 is 0 Å². The van der Waals surface area contributed by atoms with Crippen molar-refractivity contribution in [2.24, 2.45) is 5.92 Å². The maximum atomic E-state index is 12.7. The minimum atomic E-state index is -0.323. The van der Waals surface area contributed by atoms with Crippen molar-refractivity contribution in [3.05, 3.63) is 54.6 Å². The second kappa shape index (κ2) is 9.76. The molecule has 6 nitrogen and oxygen atoms in total. The van der Waals surface area contributed by atoms with Crippen LogP contribution in [0.3, 0.4) is 0 Å². The average molecular weight is 415 g/mol. The quantitative estimate of drug-likeness (QED) is 0.589. The van der Waals surface area contributed by atoms with E-state index in [0.717, 1.165) is 12.1 Å². The molecule has 29 heavy (non-hydrogen) atoms. The third kappa shape index (κ3) is 5.49. The smallest absolute Gasteiger partial charge is 0.323 e. The Morgan fingerprint density at radius 3 is 2.24 bits per heavy atom. The summed E-state index contributed by atoms with van der Waals surface area (Å²) in [6, 6.07) is 16.5. The Morgan fingerprint density at radius 2 is 1.48 bits per heavy atom. The highest BCUT2D eigenvalue weighted by Gasteiger charge is 2.38. The van der Waals surface area contributed by atoms with Crippen LogP contribution in [0.15, 0.2) is 54.6 Å². The Kier molecular flexibility index (Phi) is 7.12. The van der Waals surface area contributed by atoms with Crippen molar-refractivity contribution in [2.75, 3.05) is 16.0 Å². The second-order valence-electron chi connectivity index (χ2n) is 7.62. The summed E-state index contributed by atoms with van der Waals surface area (Å²) in [4.78, 5) is 24.8. The zero-order valence-corrected chi connectivity index (χ0v) is 17.0. The number of fused-ring (bicyclic) bond motifs is 1. The molecule has 1 saturated heterocycles. The predicted octanol–water partition coefficient (Wildman–Crippen LogP) is 4.61. The molecule has 1 aliphatic heterocycles. The van der Waals surface area contributed by atoms with Crippen molar-refractivity contribution in [3.8, 4) is 0 Å². The Hall–Kier alpha value is -2.57. The molecule has 3 unspecified atom stereocenters. The lowest BCUT2D eigenvalue weighted by atomic mass is 9.85. The molecule has 4 N–H and O–H groups in total. The maximum Gasteiger partial charge on any atom is 0.323 e. The number of hydrogen-bond acceptors (Lipinski definition) is 3. The van der Waals surface area contributed by atoms with Gasteiger partial charge in [0.05, 0.1) is 6.04 Å². The monoisotopic (exact) mass is 414 g/mol. The number of carbonyl (C=O) groups excluding carboxylic acids is 2. The van der Waals surface area contributed by atoms with Crippen molar-refractivity contribution in [1.82, 2.24) is 5.32 Å². The zero-order valence-electron chi connectivity index (χ0n) is 16.2. The topological polar surface area (TPSA) is 82.3 Å². The van der Waals surface area contributed by atoms with Crippen LogP contribution in [0, 0.1) is 5.92 Å². The number of nitrogens with one attached hydrogen (secondary N) is 4.